The van der Waals surface area contributed by atoms with Gasteiger partial charge in [0.2, 0.25) is 11.8 Å². The minimum atomic E-state index is -4.78. The van der Waals surface area contributed by atoms with Crippen molar-refractivity contribution in [1.29, 1.82) is 0 Å². The van der Waals surface area contributed by atoms with Gasteiger partial charge in [-0.3, -0.25) is 24.6 Å². The summed E-state index contributed by atoms with van der Waals surface area (Å²) in [5, 5.41) is 10.9. The normalized spacial score (nSPS) is 26.9. The van der Waals surface area contributed by atoms with E-state index >= 15 is 4.79 Å². The number of nitrogens with one attached hydrogen (secondary N) is 1. The van der Waals surface area contributed by atoms with Gasteiger partial charge in [0, 0.05) is 17.1 Å². The maximum absolute atomic E-state index is 15.2. The fraction of sp³-hybridized carbons (Fsp3) is 0.294. The van der Waals surface area contributed by atoms with Gasteiger partial charge in [-0.2, -0.15) is 23.1 Å². The summed E-state index contributed by atoms with van der Waals surface area (Å²) >= 11 is 18.9. The van der Waals surface area contributed by atoms with Crippen LogP contribution in [0.2, 0.25) is 15.1 Å². The predicted octanol–water partition coefficient (Wildman–Crippen LogP) is 5.84. The summed E-state index contributed by atoms with van der Waals surface area (Å²) in [4.78, 5) is 73.3. The van der Waals surface area contributed by atoms with Gasteiger partial charge in [-0.05, 0) is 60.2 Å². The molecule has 3 fully saturated rings. The van der Waals surface area contributed by atoms with E-state index in [-0.39, 0.29) is 29.2 Å². The van der Waals surface area contributed by atoms with Crippen LogP contribution in [0.15, 0.2) is 60.3 Å². The number of methoxy groups -OCH3 is 1. The Morgan fingerprint density at radius 3 is 2.33 bits per heavy atom. The van der Waals surface area contributed by atoms with Crippen LogP contribution in [0.1, 0.15) is 35.4 Å². The SMILES string of the molecule is COc1cc([C@H]2C3=CC[C@@H]4C(=O)N(C(N)=O)C(=O)[C@@H]4[C@@H]3C[C@H]3C(=O)N(Nc4ncc(C(F)(F)F)cc4Cl)C(=O)[C@@]23c2ccc(Cl)cc2)cc(Cl)c1O. The second-order valence-corrected chi connectivity index (χ2v) is 14.1. The number of alkyl halides is 3. The summed E-state index contributed by atoms with van der Waals surface area (Å²) in [5.74, 6) is -9.83. The molecule has 6 amide bonds. The zero-order valence-corrected chi connectivity index (χ0v) is 28.8. The molecule has 1 aromatic heterocycles. The number of phenols is 1. The molecule has 0 spiro atoms. The number of aromatic hydroxyl groups is 1. The minimum absolute atomic E-state index is 0.0269. The molecule has 2 aromatic carbocycles. The van der Waals surface area contributed by atoms with E-state index in [9.17, 15) is 37.5 Å². The number of halogens is 6. The first kappa shape index (κ1) is 35.5. The van der Waals surface area contributed by atoms with Crippen molar-refractivity contribution < 1.29 is 47.0 Å². The smallest absolute Gasteiger partial charge is 0.417 e. The van der Waals surface area contributed by atoms with Crippen molar-refractivity contribution in [1.82, 2.24) is 14.9 Å². The van der Waals surface area contributed by atoms with Gasteiger partial charge in [0.1, 0.15) is 0 Å². The molecule has 4 aliphatic rings. The number of pyridine rings is 1. The highest BCUT2D eigenvalue weighted by Crippen LogP contribution is 2.64. The third-order valence-electron chi connectivity index (χ3n) is 10.4. The van der Waals surface area contributed by atoms with Crippen LogP contribution in [0.3, 0.4) is 0 Å². The van der Waals surface area contributed by atoms with E-state index in [1.807, 2.05) is 0 Å². The zero-order chi connectivity index (χ0) is 37.6. The second-order valence-electron chi connectivity index (χ2n) is 12.8. The molecule has 1 saturated carbocycles. The average Bonchev–Trinajstić information content (AvgIpc) is 3.47. The number of aromatic nitrogens is 1. The van der Waals surface area contributed by atoms with Crippen LogP contribution >= 0.6 is 34.8 Å². The fourth-order valence-electron chi connectivity index (χ4n) is 8.29. The number of fused-ring (bicyclic) bond motifs is 4. The Bertz CT molecular complexity index is 2130. The Morgan fingerprint density at radius 2 is 1.71 bits per heavy atom. The zero-order valence-electron chi connectivity index (χ0n) is 26.6. The molecule has 3 heterocycles. The van der Waals surface area contributed by atoms with Crippen LogP contribution in [-0.2, 0) is 30.8 Å². The van der Waals surface area contributed by atoms with Gasteiger partial charge in [0.25, 0.3) is 11.8 Å². The number of phenolic OH excluding ortho intramolecular Hbond substituents is 1. The summed E-state index contributed by atoms with van der Waals surface area (Å²) in [6, 6.07) is 8.25. The Kier molecular flexibility index (Phi) is 8.46. The first-order valence-corrected chi connectivity index (χ1v) is 16.7. The average molecular weight is 779 g/mol. The number of amides is 6. The van der Waals surface area contributed by atoms with Crippen molar-refractivity contribution in [2.75, 3.05) is 12.5 Å². The highest BCUT2D eigenvalue weighted by atomic mass is 35.5. The van der Waals surface area contributed by atoms with E-state index < -0.39 is 93.0 Å². The van der Waals surface area contributed by atoms with Crippen LogP contribution in [0.5, 0.6) is 11.5 Å². The van der Waals surface area contributed by atoms with Gasteiger partial charge < -0.3 is 15.6 Å². The van der Waals surface area contributed by atoms with E-state index in [4.69, 9.17) is 45.3 Å². The second kappa shape index (κ2) is 12.4. The monoisotopic (exact) mass is 777 g/mol. The first-order chi connectivity index (χ1) is 24.5. The Morgan fingerprint density at radius 1 is 1.02 bits per heavy atom. The number of benzene rings is 2. The third kappa shape index (κ3) is 5.11. The van der Waals surface area contributed by atoms with E-state index in [0.717, 1.165) is 0 Å². The number of hydrogen-bond acceptors (Lipinski definition) is 9. The molecular formula is C34H25Cl3F3N5O7. The van der Waals surface area contributed by atoms with Crippen molar-refractivity contribution >= 4 is 70.3 Å². The number of hydrogen-bond donors (Lipinski definition) is 3. The molecule has 2 saturated heterocycles. The molecule has 12 nitrogen and oxygen atoms in total. The Balaban J connectivity index is 1.47. The predicted molar refractivity (Wildman–Crippen MR) is 178 cm³/mol. The number of allylic oxidation sites excluding steroid dienone is 2. The highest BCUT2D eigenvalue weighted by Gasteiger charge is 2.70. The first-order valence-electron chi connectivity index (χ1n) is 15.6. The molecular weight excluding hydrogens is 754 g/mol. The standard InChI is InChI=1S/C34H25Cl3F3N5O7/c1-52-23-9-13(8-21(36)26(23)46)25-17-6-7-18-24(30(49)44(28(18)47)32(41)51)19(17)11-20-29(48)45(31(50)33(20,25)14-2-4-16(35)5-3-14)43-27-22(37)10-15(12-42-27)34(38,39)40/h2-6,8-10,12,18-20,24-25,46H,7,11H2,1H3,(H2,41,51)(H,42,43)/t18-,19+,20-,24-,25-,33+/m0/s1. The highest BCUT2D eigenvalue weighted by molar-refractivity contribution is 6.33. The maximum atomic E-state index is 15.2. The van der Waals surface area contributed by atoms with Crippen LogP contribution in [0.4, 0.5) is 23.8 Å². The lowest BCUT2D eigenvalue weighted by atomic mass is 9.49. The molecule has 52 heavy (non-hydrogen) atoms. The summed E-state index contributed by atoms with van der Waals surface area (Å²) in [6.45, 7) is 0. The Labute approximate surface area is 307 Å². The Hall–Kier alpha value is -4.86. The molecule has 2 aliphatic carbocycles. The lowest BCUT2D eigenvalue weighted by Crippen LogP contribution is -2.53. The third-order valence-corrected chi connectivity index (χ3v) is 11.2. The lowest BCUT2D eigenvalue weighted by molar-refractivity contribution is -0.140. The quantitative estimate of drug-likeness (QED) is 0.213. The fourth-order valence-corrected chi connectivity index (χ4v) is 8.84. The largest absolute Gasteiger partial charge is 0.503 e. The number of primary amides is 1. The minimum Gasteiger partial charge on any atom is -0.503 e. The number of anilines is 1. The van der Waals surface area contributed by atoms with Gasteiger partial charge in [-0.25, -0.2) is 9.78 Å². The van der Waals surface area contributed by atoms with Crippen LogP contribution < -0.4 is 15.9 Å². The number of rotatable bonds is 5. The van der Waals surface area contributed by atoms with Crippen molar-refractivity contribution in [3.63, 3.8) is 0 Å². The van der Waals surface area contributed by atoms with Crippen molar-refractivity contribution in [3.05, 3.63) is 92.1 Å². The van der Waals surface area contributed by atoms with E-state index in [0.29, 0.717) is 38.3 Å². The van der Waals surface area contributed by atoms with E-state index in [1.54, 1.807) is 18.2 Å². The van der Waals surface area contributed by atoms with Gasteiger partial charge >= 0.3 is 12.2 Å². The number of nitrogens with zero attached hydrogens (tertiary/aromatic N) is 3. The number of carbonyl (C=O) groups is 5. The topological polar surface area (TPSA) is 172 Å². The van der Waals surface area contributed by atoms with Gasteiger partial charge in [0.15, 0.2) is 17.3 Å². The number of likely N-dealkylation sites (tertiary alicyclic amines) is 1. The number of carbonyl (C=O) groups excluding carboxylic acids is 5. The lowest BCUT2D eigenvalue weighted by Gasteiger charge is -2.50. The van der Waals surface area contributed by atoms with Gasteiger partial charge in [0.05, 0.1) is 45.9 Å². The molecule has 6 atom stereocenters. The van der Waals surface area contributed by atoms with E-state index in [1.165, 1.54) is 31.4 Å². The molecule has 2 aliphatic heterocycles. The van der Waals surface area contributed by atoms with E-state index in [2.05, 4.69) is 10.4 Å². The summed E-state index contributed by atoms with van der Waals surface area (Å²) < 4.78 is 45.6. The molecule has 7 rings (SSSR count). The van der Waals surface area contributed by atoms with Crippen LogP contribution in [0.25, 0.3) is 0 Å². The van der Waals surface area contributed by atoms with Crippen LogP contribution in [0, 0.1) is 23.7 Å². The molecule has 270 valence electrons. The summed E-state index contributed by atoms with van der Waals surface area (Å²) in [7, 11) is 1.28. The van der Waals surface area contributed by atoms with Crippen LogP contribution in [-0.4, -0.2) is 56.8 Å². The van der Waals surface area contributed by atoms with Crippen molar-refractivity contribution in [2.24, 2.45) is 29.4 Å². The number of nitrogens with two attached hydrogens (primary N) is 1. The molecule has 3 aromatic rings. The maximum Gasteiger partial charge on any atom is 0.417 e. The van der Waals surface area contributed by atoms with Gasteiger partial charge in [-0.15, -0.1) is 0 Å². The van der Waals surface area contributed by atoms with Crippen molar-refractivity contribution in [3.8, 4) is 11.5 Å². The molecule has 4 N–H and O–H groups in total. The summed E-state index contributed by atoms with van der Waals surface area (Å²) in [5.41, 5.74) is 5.93. The number of hydrazine groups is 1. The summed E-state index contributed by atoms with van der Waals surface area (Å²) in [6.07, 6.45) is -2.83. The molecule has 0 unspecified atom stereocenters. The number of ether oxygens (including phenoxy) is 1. The molecule has 18 heteroatoms. The van der Waals surface area contributed by atoms with Gasteiger partial charge in [-0.1, -0.05) is 58.6 Å². The van der Waals surface area contributed by atoms with Crippen molar-refractivity contribution in [2.45, 2.75) is 30.4 Å². The molecule has 0 radical (unpaired) electrons. The molecule has 0 bridgehead atoms. The number of imide groups is 4. The number of urea groups is 1.